The molecule has 2 rings (SSSR count). The maximum Gasteiger partial charge on any atom is 0.146 e. The summed E-state index contributed by atoms with van der Waals surface area (Å²) < 4.78 is 26.2. The van der Waals surface area contributed by atoms with Crippen LogP contribution in [0.25, 0.3) is 0 Å². The van der Waals surface area contributed by atoms with E-state index in [1.54, 1.807) is 18.2 Å². The average Bonchev–Trinajstić information content (AvgIpc) is 2.31. The number of benzene rings is 1. The van der Waals surface area contributed by atoms with Gasteiger partial charge in [0.25, 0.3) is 0 Å². The molecule has 1 aliphatic heterocycles. The predicted molar refractivity (Wildman–Crippen MR) is 60.7 cm³/mol. The summed E-state index contributed by atoms with van der Waals surface area (Å²) in [5, 5.41) is 0. The van der Waals surface area contributed by atoms with Crippen LogP contribution in [0.1, 0.15) is 12.8 Å². The van der Waals surface area contributed by atoms with Crippen LogP contribution in [-0.4, -0.2) is 25.3 Å². The van der Waals surface area contributed by atoms with Crippen molar-refractivity contribution in [2.24, 2.45) is 5.73 Å². The van der Waals surface area contributed by atoms with Crippen molar-refractivity contribution in [2.45, 2.75) is 18.4 Å². The molecule has 0 atom stereocenters. The molecule has 0 saturated carbocycles. The molecule has 16 heavy (non-hydrogen) atoms. The Balaban J connectivity index is 2.07. The van der Waals surface area contributed by atoms with Crippen LogP contribution in [-0.2, 0) is 0 Å². The van der Waals surface area contributed by atoms with Gasteiger partial charge < -0.3 is 10.6 Å². The molecule has 0 unspecified atom stereocenters. The zero-order valence-corrected chi connectivity index (χ0v) is 9.13. The fourth-order valence-corrected chi connectivity index (χ4v) is 2.03. The summed E-state index contributed by atoms with van der Waals surface area (Å²) in [6.07, 6.45) is 1.13. The highest BCUT2D eigenvalue weighted by atomic mass is 19.1. The van der Waals surface area contributed by atoms with Gasteiger partial charge >= 0.3 is 0 Å². The van der Waals surface area contributed by atoms with Crippen LogP contribution >= 0.6 is 0 Å². The second-order valence-electron chi connectivity index (χ2n) is 4.43. The lowest BCUT2D eigenvalue weighted by Crippen LogP contribution is -2.52. The molecule has 1 aromatic carbocycles. The summed E-state index contributed by atoms with van der Waals surface area (Å²) in [6, 6.07) is 6.65. The first-order chi connectivity index (χ1) is 7.64. The summed E-state index contributed by atoms with van der Waals surface area (Å²) in [5.41, 5.74) is 5.72. The molecule has 0 aromatic heterocycles. The molecule has 0 amide bonds. The van der Waals surface area contributed by atoms with Crippen molar-refractivity contribution in [2.75, 3.05) is 24.7 Å². The minimum atomic E-state index is -0.707. The summed E-state index contributed by atoms with van der Waals surface area (Å²) in [5.74, 6) is -0.229. The van der Waals surface area contributed by atoms with Gasteiger partial charge in [-0.1, -0.05) is 12.1 Å². The first-order valence-corrected chi connectivity index (χ1v) is 5.49. The van der Waals surface area contributed by atoms with Crippen molar-refractivity contribution in [3.8, 4) is 0 Å². The first kappa shape index (κ1) is 11.3. The lowest BCUT2D eigenvalue weighted by Gasteiger charge is -2.38. The Kier molecular flexibility index (Phi) is 3.10. The highest BCUT2D eigenvalue weighted by Gasteiger charge is 2.31. The minimum absolute atomic E-state index is 0.229. The fraction of sp³-hybridized carbons (Fsp3) is 0.500. The highest BCUT2D eigenvalue weighted by molar-refractivity contribution is 5.48. The number of anilines is 1. The molecule has 88 valence electrons. The zero-order chi connectivity index (χ0) is 11.6. The minimum Gasteiger partial charge on any atom is -0.369 e. The quantitative estimate of drug-likeness (QED) is 0.836. The van der Waals surface area contributed by atoms with Crippen LogP contribution in [0.4, 0.5) is 14.5 Å². The van der Waals surface area contributed by atoms with E-state index in [0.717, 1.165) is 0 Å². The van der Waals surface area contributed by atoms with E-state index in [-0.39, 0.29) is 5.82 Å². The lowest BCUT2D eigenvalue weighted by molar-refractivity contribution is 0.254. The van der Waals surface area contributed by atoms with Crippen molar-refractivity contribution in [1.29, 1.82) is 0 Å². The summed E-state index contributed by atoms with van der Waals surface area (Å²) in [7, 11) is 0. The fourth-order valence-electron chi connectivity index (χ4n) is 2.03. The van der Waals surface area contributed by atoms with Crippen molar-refractivity contribution >= 4 is 5.69 Å². The number of rotatable bonds is 2. The molecular formula is C12H16F2N2. The van der Waals surface area contributed by atoms with E-state index in [4.69, 9.17) is 5.73 Å². The second kappa shape index (κ2) is 4.37. The van der Waals surface area contributed by atoms with Gasteiger partial charge in [0, 0.05) is 18.6 Å². The van der Waals surface area contributed by atoms with Crippen LogP contribution in [0.3, 0.4) is 0 Å². The van der Waals surface area contributed by atoms with Gasteiger partial charge in [-0.15, -0.1) is 0 Å². The van der Waals surface area contributed by atoms with E-state index in [1.165, 1.54) is 6.07 Å². The third-order valence-electron chi connectivity index (χ3n) is 3.22. The highest BCUT2D eigenvalue weighted by Crippen LogP contribution is 2.26. The van der Waals surface area contributed by atoms with Gasteiger partial charge in [0.15, 0.2) is 0 Å². The molecule has 1 aromatic rings. The monoisotopic (exact) mass is 226 g/mol. The largest absolute Gasteiger partial charge is 0.369 e. The van der Waals surface area contributed by atoms with E-state index >= 15 is 0 Å². The zero-order valence-electron chi connectivity index (χ0n) is 9.13. The summed E-state index contributed by atoms with van der Waals surface area (Å²) >= 11 is 0. The van der Waals surface area contributed by atoms with Gasteiger partial charge in [-0.3, -0.25) is 0 Å². The van der Waals surface area contributed by atoms with E-state index in [0.29, 0.717) is 31.6 Å². The van der Waals surface area contributed by atoms with E-state index in [9.17, 15) is 8.78 Å². The molecule has 1 fully saturated rings. The third-order valence-corrected chi connectivity index (χ3v) is 3.22. The number of piperidine rings is 1. The summed E-state index contributed by atoms with van der Waals surface area (Å²) in [6.45, 7) is 0.723. The molecule has 1 heterocycles. The molecular weight excluding hydrogens is 210 g/mol. The number of hydrogen-bond donors (Lipinski definition) is 1. The predicted octanol–water partition coefficient (Wildman–Crippen LogP) is 2.09. The van der Waals surface area contributed by atoms with Crippen molar-refractivity contribution in [1.82, 2.24) is 0 Å². The Hall–Kier alpha value is -1.16. The van der Waals surface area contributed by atoms with Crippen molar-refractivity contribution in [3.05, 3.63) is 30.1 Å². The standard InChI is InChI=1S/C12H16F2N2/c13-9-12(15)5-7-16(8-6-12)11-4-2-1-3-10(11)14/h1-4H,5-9,15H2. The Morgan fingerprint density at radius 1 is 1.25 bits per heavy atom. The molecule has 0 radical (unpaired) electrons. The molecule has 0 aliphatic carbocycles. The molecule has 2 nitrogen and oxygen atoms in total. The van der Waals surface area contributed by atoms with E-state index < -0.39 is 12.2 Å². The van der Waals surface area contributed by atoms with Crippen LogP contribution in [0.15, 0.2) is 24.3 Å². The third kappa shape index (κ3) is 2.16. The Morgan fingerprint density at radius 2 is 1.88 bits per heavy atom. The molecule has 1 aliphatic rings. The van der Waals surface area contributed by atoms with Crippen LogP contribution < -0.4 is 10.6 Å². The smallest absolute Gasteiger partial charge is 0.146 e. The number of nitrogens with zero attached hydrogens (tertiary/aromatic N) is 1. The molecule has 0 spiro atoms. The van der Waals surface area contributed by atoms with Gasteiger partial charge in [-0.25, -0.2) is 8.78 Å². The van der Waals surface area contributed by atoms with Crippen molar-refractivity contribution < 1.29 is 8.78 Å². The van der Waals surface area contributed by atoms with Crippen molar-refractivity contribution in [3.63, 3.8) is 0 Å². The number of hydrogen-bond acceptors (Lipinski definition) is 2. The molecule has 0 bridgehead atoms. The van der Waals surface area contributed by atoms with E-state index in [2.05, 4.69) is 0 Å². The van der Waals surface area contributed by atoms with Crippen LogP contribution in [0, 0.1) is 5.82 Å². The van der Waals surface area contributed by atoms with Gasteiger partial charge in [-0.05, 0) is 25.0 Å². The molecule has 4 heteroatoms. The Morgan fingerprint density at radius 3 is 2.44 bits per heavy atom. The topological polar surface area (TPSA) is 29.3 Å². The van der Waals surface area contributed by atoms with Gasteiger partial charge in [0.05, 0.1) is 5.69 Å². The number of halogens is 2. The van der Waals surface area contributed by atoms with Gasteiger partial charge in [0.2, 0.25) is 0 Å². The number of nitrogens with two attached hydrogens (primary N) is 1. The Bertz CT molecular complexity index is 360. The maximum atomic E-state index is 13.5. The lowest BCUT2D eigenvalue weighted by atomic mass is 9.90. The van der Waals surface area contributed by atoms with Crippen LogP contribution in [0.5, 0.6) is 0 Å². The maximum absolute atomic E-state index is 13.5. The number of alkyl halides is 1. The molecule has 2 N–H and O–H groups in total. The average molecular weight is 226 g/mol. The summed E-state index contributed by atoms with van der Waals surface area (Å²) in [4.78, 5) is 1.93. The first-order valence-electron chi connectivity index (χ1n) is 5.49. The van der Waals surface area contributed by atoms with Gasteiger partial charge in [0.1, 0.15) is 12.5 Å². The van der Waals surface area contributed by atoms with E-state index in [1.807, 2.05) is 4.90 Å². The normalized spacial score (nSPS) is 19.8. The molecule has 1 saturated heterocycles. The second-order valence-corrected chi connectivity index (χ2v) is 4.43. The number of para-hydroxylation sites is 1. The van der Waals surface area contributed by atoms with Gasteiger partial charge in [-0.2, -0.15) is 0 Å². The SMILES string of the molecule is NC1(CF)CCN(c2ccccc2F)CC1. The Labute approximate surface area is 94.0 Å². The van der Waals surface area contributed by atoms with Crippen LogP contribution in [0.2, 0.25) is 0 Å².